The summed E-state index contributed by atoms with van der Waals surface area (Å²) in [6, 6.07) is 11.0. The number of fused-ring (bicyclic) bond motifs is 4. The smallest absolute Gasteiger partial charge is 0.305 e. The summed E-state index contributed by atoms with van der Waals surface area (Å²) in [5.41, 5.74) is 2.04. The number of hydrogen-bond donors (Lipinski definition) is 0. The molecular formula is C29H25F2N3O5S. The Kier molecular flexibility index (Phi) is 6.61. The zero-order chi connectivity index (χ0) is 28.1. The van der Waals surface area contributed by atoms with Crippen molar-refractivity contribution < 1.29 is 27.8 Å². The maximum atomic E-state index is 15.3. The first-order chi connectivity index (χ1) is 19.3. The lowest BCUT2D eigenvalue weighted by molar-refractivity contribution is -0.147. The quantitative estimate of drug-likeness (QED) is 0.262. The van der Waals surface area contributed by atoms with E-state index in [4.69, 9.17) is 9.47 Å². The predicted octanol–water partition coefficient (Wildman–Crippen LogP) is 4.49. The lowest BCUT2D eigenvalue weighted by Gasteiger charge is -2.51. The van der Waals surface area contributed by atoms with Crippen LogP contribution in [0.1, 0.15) is 53.5 Å². The lowest BCUT2D eigenvalue weighted by Crippen LogP contribution is -2.63. The first-order valence-electron chi connectivity index (χ1n) is 12.7. The number of rotatable bonds is 4. The van der Waals surface area contributed by atoms with Gasteiger partial charge in [-0.15, -0.1) is 11.8 Å². The number of amides is 1. The highest BCUT2D eigenvalue weighted by molar-refractivity contribution is 7.98. The third-order valence-corrected chi connectivity index (χ3v) is 8.47. The van der Waals surface area contributed by atoms with Crippen molar-refractivity contribution in [2.45, 2.75) is 43.1 Å². The van der Waals surface area contributed by atoms with Gasteiger partial charge in [-0.1, -0.05) is 35.9 Å². The summed E-state index contributed by atoms with van der Waals surface area (Å²) in [6.45, 7) is 2.88. The van der Waals surface area contributed by atoms with Crippen LogP contribution in [-0.2, 0) is 15.3 Å². The number of thioether (sulfide) groups is 1. The fraction of sp³-hybridized carbons (Fsp3) is 0.276. The van der Waals surface area contributed by atoms with Crippen LogP contribution in [0.15, 0.2) is 70.0 Å². The monoisotopic (exact) mass is 565 g/mol. The Labute approximate surface area is 232 Å². The van der Waals surface area contributed by atoms with Crippen LogP contribution < -0.4 is 15.2 Å². The molecule has 206 valence electrons. The van der Waals surface area contributed by atoms with E-state index >= 15 is 4.39 Å². The summed E-state index contributed by atoms with van der Waals surface area (Å²) in [5, 5.41) is 1.93. The zero-order valence-corrected chi connectivity index (χ0v) is 22.5. The van der Waals surface area contributed by atoms with Gasteiger partial charge in [-0.25, -0.2) is 8.78 Å². The standard InChI is InChI=1S/C29H25F2N3O5S/c1-16-7-10-24-32(13-16)29(37)27-28(39-15-38-17(2)35)22(36)11-12-33(27)34(24)26-18-8-9-21(30)25(31)20(18)14-40-23-6-4-3-5-19(23)26/h3-9,11-12,24,26H,10,13-15H2,1-2H3/t24-,26+/m1/s1. The van der Waals surface area contributed by atoms with E-state index in [2.05, 4.69) is 6.08 Å². The van der Waals surface area contributed by atoms with Crippen LogP contribution in [0.2, 0.25) is 0 Å². The molecule has 0 spiro atoms. The minimum Gasteiger partial charge on any atom is -0.451 e. The highest BCUT2D eigenvalue weighted by atomic mass is 32.2. The van der Waals surface area contributed by atoms with Crippen molar-refractivity contribution >= 4 is 23.6 Å². The minimum absolute atomic E-state index is 0.0379. The molecule has 3 aliphatic heterocycles. The van der Waals surface area contributed by atoms with Gasteiger partial charge in [0.2, 0.25) is 18.0 Å². The van der Waals surface area contributed by atoms with Crippen molar-refractivity contribution in [1.82, 2.24) is 9.58 Å². The molecule has 4 heterocycles. The van der Waals surface area contributed by atoms with Gasteiger partial charge in [-0.3, -0.25) is 24.1 Å². The van der Waals surface area contributed by atoms with Gasteiger partial charge in [0.25, 0.3) is 5.91 Å². The van der Waals surface area contributed by atoms with Crippen molar-refractivity contribution in [2.24, 2.45) is 0 Å². The van der Waals surface area contributed by atoms with Crippen molar-refractivity contribution in [2.75, 3.05) is 18.3 Å². The fourth-order valence-corrected chi connectivity index (χ4v) is 6.68. The van der Waals surface area contributed by atoms with Gasteiger partial charge in [0, 0.05) is 48.4 Å². The van der Waals surface area contributed by atoms with Crippen LogP contribution in [0.25, 0.3) is 0 Å². The van der Waals surface area contributed by atoms with E-state index in [9.17, 15) is 18.8 Å². The topological polar surface area (TPSA) is 81.1 Å². The maximum absolute atomic E-state index is 15.3. The third kappa shape index (κ3) is 4.25. The molecule has 0 radical (unpaired) electrons. The average molecular weight is 566 g/mol. The van der Waals surface area contributed by atoms with Crippen LogP contribution >= 0.6 is 11.8 Å². The molecule has 8 nitrogen and oxygen atoms in total. The van der Waals surface area contributed by atoms with E-state index in [0.717, 1.165) is 22.1 Å². The zero-order valence-electron chi connectivity index (χ0n) is 21.7. The summed E-state index contributed by atoms with van der Waals surface area (Å²) in [4.78, 5) is 40.8. The number of carbonyl (C=O) groups is 2. The SMILES string of the molecule is CC(=O)OCOc1c2n(ccc1=O)N([C@@H]1c3ccccc3SCc3c1ccc(F)c3F)[C@@H]1CC=C(C)CN1C2=O. The van der Waals surface area contributed by atoms with E-state index in [0.29, 0.717) is 18.5 Å². The van der Waals surface area contributed by atoms with Crippen molar-refractivity contribution in [3.63, 3.8) is 0 Å². The van der Waals surface area contributed by atoms with Gasteiger partial charge in [0.1, 0.15) is 6.17 Å². The molecular weight excluding hydrogens is 540 g/mol. The Balaban J connectivity index is 1.62. The Hall–Kier alpha value is -4.12. The Morgan fingerprint density at radius 1 is 1.10 bits per heavy atom. The summed E-state index contributed by atoms with van der Waals surface area (Å²) >= 11 is 1.42. The second-order valence-corrected chi connectivity index (χ2v) is 10.9. The number of carbonyl (C=O) groups excluding carboxylic acids is 2. The lowest BCUT2D eigenvalue weighted by atomic mass is 9.92. The third-order valence-electron chi connectivity index (χ3n) is 7.35. The normalized spacial score (nSPS) is 19.5. The second kappa shape index (κ2) is 10.1. The molecule has 0 saturated carbocycles. The molecule has 40 heavy (non-hydrogen) atoms. The van der Waals surface area contributed by atoms with E-state index in [-0.39, 0.29) is 22.8 Å². The summed E-state index contributed by atoms with van der Waals surface area (Å²) in [7, 11) is 0. The van der Waals surface area contributed by atoms with Gasteiger partial charge in [-0.05, 0) is 30.2 Å². The van der Waals surface area contributed by atoms with Gasteiger partial charge < -0.3 is 14.4 Å². The van der Waals surface area contributed by atoms with Crippen LogP contribution in [0.4, 0.5) is 8.78 Å². The molecule has 3 aliphatic rings. The van der Waals surface area contributed by atoms with Crippen LogP contribution in [0.5, 0.6) is 5.75 Å². The summed E-state index contributed by atoms with van der Waals surface area (Å²) in [5.74, 6) is -2.90. The van der Waals surface area contributed by atoms with Gasteiger partial charge in [0.05, 0.1) is 6.04 Å². The number of halogens is 2. The predicted molar refractivity (Wildman–Crippen MR) is 144 cm³/mol. The van der Waals surface area contributed by atoms with E-state index in [1.807, 2.05) is 36.2 Å². The number of ether oxygens (including phenoxy) is 2. The van der Waals surface area contributed by atoms with Gasteiger partial charge in [-0.2, -0.15) is 0 Å². The number of benzene rings is 2. The highest BCUT2D eigenvalue weighted by Crippen LogP contribution is 2.45. The van der Waals surface area contributed by atoms with Crippen LogP contribution in [0, 0.1) is 11.6 Å². The van der Waals surface area contributed by atoms with Gasteiger partial charge >= 0.3 is 5.97 Å². The van der Waals surface area contributed by atoms with E-state index in [1.54, 1.807) is 15.6 Å². The molecule has 1 amide bonds. The Morgan fingerprint density at radius 3 is 2.70 bits per heavy atom. The molecule has 1 aromatic heterocycles. The van der Waals surface area contributed by atoms with E-state index < -0.39 is 47.9 Å². The summed E-state index contributed by atoms with van der Waals surface area (Å²) in [6.07, 6.45) is 3.51. The molecule has 0 aliphatic carbocycles. The second-order valence-electron chi connectivity index (χ2n) is 9.84. The number of aromatic nitrogens is 1. The van der Waals surface area contributed by atoms with Crippen LogP contribution in [-0.4, -0.2) is 41.0 Å². The number of hydrogen-bond acceptors (Lipinski definition) is 7. The maximum Gasteiger partial charge on any atom is 0.305 e. The molecule has 11 heteroatoms. The number of nitrogens with zero attached hydrogens (tertiary/aromatic N) is 3. The average Bonchev–Trinajstić information content (AvgIpc) is 3.10. The largest absolute Gasteiger partial charge is 0.451 e. The summed E-state index contributed by atoms with van der Waals surface area (Å²) < 4.78 is 41.8. The molecule has 0 N–H and O–H groups in total. The minimum atomic E-state index is -0.930. The Bertz CT molecular complexity index is 1640. The molecule has 6 rings (SSSR count). The van der Waals surface area contributed by atoms with Crippen LogP contribution in [0.3, 0.4) is 0 Å². The van der Waals surface area contributed by atoms with Crippen molar-refractivity contribution in [3.8, 4) is 5.75 Å². The molecule has 2 atom stereocenters. The molecule has 0 unspecified atom stereocenters. The first kappa shape index (κ1) is 26.1. The van der Waals surface area contributed by atoms with Gasteiger partial charge in [0.15, 0.2) is 17.3 Å². The van der Waals surface area contributed by atoms with Crippen molar-refractivity contribution in [1.29, 1.82) is 0 Å². The number of esters is 1. The number of pyridine rings is 1. The first-order valence-corrected chi connectivity index (χ1v) is 13.7. The molecule has 0 bridgehead atoms. The molecule has 3 aromatic rings. The Morgan fingerprint density at radius 2 is 1.90 bits per heavy atom. The van der Waals surface area contributed by atoms with E-state index in [1.165, 1.54) is 30.9 Å². The molecule has 0 saturated heterocycles. The molecule has 0 fully saturated rings. The molecule has 2 aromatic carbocycles. The fourth-order valence-electron chi connectivity index (χ4n) is 5.56. The highest BCUT2D eigenvalue weighted by Gasteiger charge is 2.45. The van der Waals surface area contributed by atoms with Crippen molar-refractivity contribution in [3.05, 3.63) is 105 Å².